The van der Waals surface area contributed by atoms with Crippen LogP contribution in [-0.2, 0) is 6.54 Å². The summed E-state index contributed by atoms with van der Waals surface area (Å²) < 4.78 is 0. The van der Waals surface area contributed by atoms with Crippen molar-refractivity contribution in [3.05, 3.63) is 57.2 Å². The van der Waals surface area contributed by atoms with Gasteiger partial charge in [-0.05, 0) is 37.1 Å². The van der Waals surface area contributed by atoms with E-state index in [0.29, 0.717) is 22.0 Å². The normalized spacial score (nSPS) is 14.8. The number of carboxylic acids is 1. The molecule has 0 bridgehead atoms. The lowest BCUT2D eigenvalue weighted by atomic mass is 10.1. The van der Waals surface area contributed by atoms with Crippen LogP contribution >= 0.6 is 11.6 Å². The lowest BCUT2D eigenvalue weighted by molar-refractivity contribution is 0.0697. The monoisotopic (exact) mass is 384 g/mol. The van der Waals surface area contributed by atoms with Crippen LogP contribution in [0.4, 0.5) is 5.82 Å². The molecule has 1 aromatic carbocycles. The van der Waals surface area contributed by atoms with Crippen molar-refractivity contribution < 1.29 is 9.90 Å². The number of aryl methyl sites for hydroxylation is 1. The lowest BCUT2D eigenvalue weighted by Crippen LogP contribution is -2.46. The maximum absolute atomic E-state index is 10.9. The number of hydrogen-bond acceptors (Lipinski definition) is 5. The summed E-state index contributed by atoms with van der Waals surface area (Å²) in [7, 11) is 0. The van der Waals surface area contributed by atoms with E-state index in [9.17, 15) is 10.1 Å². The Morgan fingerprint density at radius 1 is 1.22 bits per heavy atom. The minimum absolute atomic E-state index is 0.298. The van der Waals surface area contributed by atoms with E-state index in [1.165, 1.54) is 0 Å². The van der Waals surface area contributed by atoms with Crippen LogP contribution in [0.1, 0.15) is 32.7 Å². The third-order valence-corrected chi connectivity index (χ3v) is 5.47. The summed E-state index contributed by atoms with van der Waals surface area (Å²) in [5.41, 5.74) is 3.45. The van der Waals surface area contributed by atoms with Crippen LogP contribution < -0.4 is 4.90 Å². The van der Waals surface area contributed by atoms with E-state index in [1.807, 2.05) is 26.0 Å². The molecule has 7 heteroatoms. The number of aromatic nitrogens is 1. The van der Waals surface area contributed by atoms with Crippen LogP contribution in [-0.4, -0.2) is 47.1 Å². The van der Waals surface area contributed by atoms with Gasteiger partial charge in [0.05, 0.1) is 21.8 Å². The highest BCUT2D eigenvalue weighted by Gasteiger charge is 2.23. The summed E-state index contributed by atoms with van der Waals surface area (Å²) in [6.45, 7) is 7.71. The molecule has 0 amide bonds. The predicted octanol–water partition coefficient (Wildman–Crippen LogP) is 3.24. The van der Waals surface area contributed by atoms with Gasteiger partial charge in [0.25, 0.3) is 0 Å². The van der Waals surface area contributed by atoms with Crippen molar-refractivity contribution in [3.63, 3.8) is 0 Å². The van der Waals surface area contributed by atoms with Crippen LogP contribution in [0.3, 0.4) is 0 Å². The molecule has 6 nitrogen and oxygen atoms in total. The fourth-order valence-electron chi connectivity index (χ4n) is 3.30. The Bertz CT molecular complexity index is 898. The fourth-order valence-corrected chi connectivity index (χ4v) is 3.44. The van der Waals surface area contributed by atoms with E-state index in [4.69, 9.17) is 16.7 Å². The number of nitrogens with zero attached hydrogens (tertiary/aromatic N) is 4. The standard InChI is InChI=1S/C20H21ClN4O2/c1-13-17(11-22)19(23-14(2)18(13)21)25-9-7-24(8-10-25)12-15-3-5-16(6-4-15)20(26)27/h3-6H,7-10,12H2,1-2H3,(H,26,27). The van der Waals surface area contributed by atoms with Gasteiger partial charge in [-0.1, -0.05) is 23.7 Å². The highest BCUT2D eigenvalue weighted by molar-refractivity contribution is 6.32. The number of hydrogen-bond donors (Lipinski definition) is 1. The molecule has 1 saturated heterocycles. The smallest absolute Gasteiger partial charge is 0.335 e. The zero-order chi connectivity index (χ0) is 19.6. The van der Waals surface area contributed by atoms with Gasteiger partial charge in [-0.2, -0.15) is 5.26 Å². The van der Waals surface area contributed by atoms with Gasteiger partial charge in [0, 0.05) is 32.7 Å². The molecule has 1 aromatic heterocycles. The topological polar surface area (TPSA) is 80.5 Å². The fraction of sp³-hybridized carbons (Fsp3) is 0.350. The molecule has 0 radical (unpaired) electrons. The first-order valence-corrected chi connectivity index (χ1v) is 9.15. The Labute approximate surface area is 163 Å². The van der Waals surface area contributed by atoms with E-state index < -0.39 is 5.97 Å². The number of carboxylic acid groups (broad SMARTS) is 1. The van der Waals surface area contributed by atoms with Crippen molar-refractivity contribution in [3.8, 4) is 6.07 Å². The van der Waals surface area contributed by atoms with E-state index in [-0.39, 0.29) is 0 Å². The first kappa shape index (κ1) is 19.2. The number of piperazine rings is 1. The van der Waals surface area contributed by atoms with Gasteiger partial charge in [-0.15, -0.1) is 0 Å². The van der Waals surface area contributed by atoms with Gasteiger partial charge >= 0.3 is 5.97 Å². The maximum Gasteiger partial charge on any atom is 0.335 e. The van der Waals surface area contributed by atoms with E-state index in [2.05, 4.69) is 20.9 Å². The van der Waals surface area contributed by atoms with Gasteiger partial charge in [0.15, 0.2) is 0 Å². The largest absolute Gasteiger partial charge is 0.478 e. The van der Waals surface area contributed by atoms with Crippen LogP contribution in [0.5, 0.6) is 0 Å². The van der Waals surface area contributed by atoms with E-state index >= 15 is 0 Å². The first-order chi connectivity index (χ1) is 12.9. The summed E-state index contributed by atoms with van der Waals surface area (Å²) in [6.07, 6.45) is 0. The van der Waals surface area contributed by atoms with Crippen molar-refractivity contribution in [2.24, 2.45) is 0 Å². The Hall–Kier alpha value is -2.62. The van der Waals surface area contributed by atoms with Crippen LogP contribution in [0.25, 0.3) is 0 Å². The number of aromatic carboxylic acids is 1. The number of rotatable bonds is 4. The van der Waals surface area contributed by atoms with Gasteiger partial charge in [-0.3, -0.25) is 4.90 Å². The van der Waals surface area contributed by atoms with Crippen LogP contribution in [0.2, 0.25) is 5.02 Å². The Kier molecular flexibility index (Phi) is 5.64. The molecule has 2 aromatic rings. The zero-order valence-electron chi connectivity index (χ0n) is 15.4. The average molecular weight is 385 g/mol. The number of benzene rings is 1. The zero-order valence-corrected chi connectivity index (χ0v) is 16.1. The molecule has 0 aliphatic carbocycles. The molecule has 1 fully saturated rings. The third kappa shape index (κ3) is 4.05. The first-order valence-electron chi connectivity index (χ1n) is 8.77. The van der Waals surface area contributed by atoms with Gasteiger partial charge < -0.3 is 10.0 Å². The van der Waals surface area contributed by atoms with Crippen molar-refractivity contribution in [1.82, 2.24) is 9.88 Å². The second-order valence-electron chi connectivity index (χ2n) is 6.71. The number of halogens is 1. The summed E-state index contributed by atoms with van der Waals surface area (Å²) >= 11 is 6.24. The molecule has 140 valence electrons. The highest BCUT2D eigenvalue weighted by atomic mass is 35.5. The van der Waals surface area contributed by atoms with Gasteiger partial charge in [-0.25, -0.2) is 9.78 Å². The summed E-state index contributed by atoms with van der Waals surface area (Å²) in [6, 6.07) is 9.23. The molecule has 2 heterocycles. The number of nitriles is 1. The summed E-state index contributed by atoms with van der Waals surface area (Å²) in [4.78, 5) is 20.0. The SMILES string of the molecule is Cc1nc(N2CCN(Cc3ccc(C(=O)O)cc3)CC2)c(C#N)c(C)c1Cl. The molecular formula is C20H21ClN4O2. The van der Waals surface area contributed by atoms with Gasteiger partial charge in [0.2, 0.25) is 0 Å². The molecule has 1 aliphatic heterocycles. The Morgan fingerprint density at radius 2 is 1.85 bits per heavy atom. The maximum atomic E-state index is 10.9. The Balaban J connectivity index is 1.67. The lowest BCUT2D eigenvalue weighted by Gasteiger charge is -2.36. The molecule has 3 rings (SSSR count). The van der Waals surface area contributed by atoms with Crippen molar-refractivity contribution >= 4 is 23.4 Å². The van der Waals surface area contributed by atoms with Crippen LogP contribution in [0.15, 0.2) is 24.3 Å². The summed E-state index contributed by atoms with van der Waals surface area (Å²) in [5.74, 6) is -0.202. The molecule has 0 spiro atoms. The van der Waals surface area contributed by atoms with Crippen LogP contribution in [0, 0.1) is 25.2 Å². The minimum atomic E-state index is -0.912. The van der Waals surface area contributed by atoms with Crippen molar-refractivity contribution in [1.29, 1.82) is 5.26 Å². The van der Waals surface area contributed by atoms with E-state index in [0.717, 1.165) is 49.5 Å². The van der Waals surface area contributed by atoms with E-state index in [1.54, 1.807) is 12.1 Å². The molecule has 1 N–H and O–H groups in total. The molecular weight excluding hydrogens is 364 g/mol. The second-order valence-corrected chi connectivity index (χ2v) is 7.09. The predicted molar refractivity (Wildman–Crippen MR) is 104 cm³/mol. The van der Waals surface area contributed by atoms with Crippen molar-refractivity contribution in [2.45, 2.75) is 20.4 Å². The Morgan fingerprint density at radius 3 is 2.41 bits per heavy atom. The van der Waals surface area contributed by atoms with Crippen molar-refractivity contribution in [2.75, 3.05) is 31.1 Å². The molecule has 0 saturated carbocycles. The highest BCUT2D eigenvalue weighted by Crippen LogP contribution is 2.29. The molecule has 0 atom stereocenters. The summed E-state index contributed by atoms with van der Waals surface area (Å²) in [5, 5.41) is 19.1. The second kappa shape index (κ2) is 7.95. The van der Waals surface area contributed by atoms with Gasteiger partial charge in [0.1, 0.15) is 11.9 Å². The number of pyridine rings is 1. The number of carbonyl (C=O) groups is 1. The molecule has 27 heavy (non-hydrogen) atoms. The molecule has 0 unspecified atom stereocenters. The molecule has 1 aliphatic rings. The average Bonchev–Trinajstić information content (AvgIpc) is 2.67. The quantitative estimate of drug-likeness (QED) is 0.871. The number of anilines is 1. The third-order valence-electron chi connectivity index (χ3n) is 4.91. The minimum Gasteiger partial charge on any atom is -0.478 e.